The van der Waals surface area contributed by atoms with Gasteiger partial charge in [-0.2, -0.15) is 5.26 Å². The van der Waals surface area contributed by atoms with Gasteiger partial charge in [0.2, 0.25) is 11.8 Å². The smallest absolute Gasteiger partial charge is 0.262 e. The van der Waals surface area contributed by atoms with Gasteiger partial charge in [0.1, 0.15) is 29.8 Å². The van der Waals surface area contributed by atoms with E-state index < -0.39 is 35.5 Å². The van der Waals surface area contributed by atoms with Crippen molar-refractivity contribution in [3.63, 3.8) is 0 Å². The molecule has 5 amide bonds. The number of fused-ring (bicyclic) bond motifs is 1. The molecule has 8 rings (SSSR count). The van der Waals surface area contributed by atoms with Crippen molar-refractivity contribution in [3.05, 3.63) is 87.7 Å². The van der Waals surface area contributed by atoms with Crippen molar-refractivity contribution in [1.29, 1.82) is 5.26 Å². The minimum atomic E-state index is -1.10. The van der Waals surface area contributed by atoms with Crippen LogP contribution in [0.3, 0.4) is 0 Å². The molecule has 4 heterocycles. The second-order valence-electron chi connectivity index (χ2n) is 17.5. The number of carbonyl (C=O) groups excluding carboxylic acids is 5. The van der Waals surface area contributed by atoms with Gasteiger partial charge in [0.05, 0.1) is 27.4 Å². The van der Waals surface area contributed by atoms with Crippen LogP contribution in [0.1, 0.15) is 83.6 Å². The molecule has 0 aromatic heterocycles. The molecule has 3 aromatic carbocycles. The van der Waals surface area contributed by atoms with Crippen LogP contribution in [0.25, 0.3) is 0 Å². The molecule has 5 aliphatic rings. The highest BCUT2D eigenvalue weighted by molar-refractivity contribution is 6.31. The molecule has 308 valence electrons. The van der Waals surface area contributed by atoms with Crippen molar-refractivity contribution in [2.75, 3.05) is 55.6 Å². The lowest BCUT2D eigenvalue weighted by Gasteiger charge is -2.63. The van der Waals surface area contributed by atoms with Crippen molar-refractivity contribution in [2.45, 2.75) is 65.1 Å². The second kappa shape index (κ2) is 15.3. The minimum absolute atomic E-state index is 0.0131. The first-order valence-corrected chi connectivity index (χ1v) is 20.5. The summed E-state index contributed by atoms with van der Waals surface area (Å²) < 4.78 is 21.9. The summed E-state index contributed by atoms with van der Waals surface area (Å²) in [7, 11) is 0. The summed E-state index contributed by atoms with van der Waals surface area (Å²) in [5, 5.41) is 15.0. The molecule has 3 saturated heterocycles. The molecule has 2 N–H and O–H groups in total. The molecule has 3 aromatic rings. The van der Waals surface area contributed by atoms with Gasteiger partial charge in [0.15, 0.2) is 0 Å². The molecule has 15 heteroatoms. The van der Waals surface area contributed by atoms with Crippen molar-refractivity contribution in [2.24, 2.45) is 16.7 Å². The van der Waals surface area contributed by atoms with Gasteiger partial charge >= 0.3 is 0 Å². The molecular weight excluding hydrogens is 777 g/mol. The maximum Gasteiger partial charge on any atom is 0.262 e. The van der Waals surface area contributed by atoms with Gasteiger partial charge < -0.3 is 19.9 Å². The van der Waals surface area contributed by atoms with Crippen LogP contribution in [0.4, 0.5) is 15.8 Å². The predicted molar refractivity (Wildman–Crippen MR) is 218 cm³/mol. The van der Waals surface area contributed by atoms with Gasteiger partial charge in [-0.3, -0.25) is 39.1 Å². The van der Waals surface area contributed by atoms with Gasteiger partial charge in [-0.15, -0.1) is 0 Å². The number of nitrogens with zero attached hydrogens (tertiary/aromatic N) is 5. The minimum Gasteiger partial charge on any atom is -0.489 e. The van der Waals surface area contributed by atoms with Crippen LogP contribution in [0.2, 0.25) is 5.02 Å². The molecule has 4 fully saturated rings. The van der Waals surface area contributed by atoms with E-state index in [9.17, 15) is 29.2 Å². The Morgan fingerprint density at radius 1 is 0.915 bits per heavy atom. The largest absolute Gasteiger partial charge is 0.489 e. The number of piperazine rings is 1. The van der Waals surface area contributed by atoms with Crippen LogP contribution in [0.5, 0.6) is 5.75 Å². The number of halogens is 2. The van der Waals surface area contributed by atoms with Crippen LogP contribution >= 0.6 is 11.6 Å². The third-order valence-corrected chi connectivity index (χ3v) is 13.3. The van der Waals surface area contributed by atoms with Gasteiger partial charge in [-0.25, -0.2) is 4.39 Å². The van der Waals surface area contributed by atoms with E-state index in [1.54, 1.807) is 18.2 Å². The molecular formula is C44H47ClFN7O6. The number of nitrogens with one attached hydrogen (secondary N) is 2. The molecule has 1 unspecified atom stereocenters. The van der Waals surface area contributed by atoms with Crippen molar-refractivity contribution in [3.8, 4) is 11.8 Å². The molecule has 4 aliphatic heterocycles. The average molecular weight is 824 g/mol. The number of ether oxygens (including phenoxy) is 1. The number of anilines is 2. The highest BCUT2D eigenvalue weighted by Crippen LogP contribution is 2.55. The van der Waals surface area contributed by atoms with E-state index in [-0.39, 0.29) is 64.5 Å². The van der Waals surface area contributed by atoms with Crippen molar-refractivity contribution >= 4 is 52.5 Å². The lowest BCUT2D eigenvalue weighted by Crippen LogP contribution is -2.74. The Hall–Kier alpha value is -5.52. The summed E-state index contributed by atoms with van der Waals surface area (Å²) in [4.78, 5) is 71.6. The zero-order valence-corrected chi connectivity index (χ0v) is 34.3. The fourth-order valence-electron chi connectivity index (χ4n) is 10.1. The lowest BCUT2D eigenvalue weighted by atomic mass is 9.49. The zero-order valence-electron chi connectivity index (χ0n) is 33.5. The number of carbonyl (C=O) groups is 5. The first kappa shape index (κ1) is 40.3. The summed E-state index contributed by atoms with van der Waals surface area (Å²) in [5.74, 6) is -2.40. The van der Waals surface area contributed by atoms with E-state index in [0.29, 0.717) is 35.0 Å². The lowest BCUT2D eigenvalue weighted by molar-refractivity contribution is -0.164. The third kappa shape index (κ3) is 7.29. The maximum atomic E-state index is 15.5. The fraction of sp³-hybridized carbons (Fsp3) is 0.455. The summed E-state index contributed by atoms with van der Waals surface area (Å²) in [6.45, 7) is 13.7. The normalized spacial score (nSPS) is 25.0. The van der Waals surface area contributed by atoms with E-state index in [4.69, 9.17) is 16.3 Å². The average Bonchev–Trinajstić information content (AvgIpc) is 3.76. The first-order chi connectivity index (χ1) is 28.1. The van der Waals surface area contributed by atoms with Crippen LogP contribution in [0, 0.1) is 33.9 Å². The van der Waals surface area contributed by atoms with Gasteiger partial charge in [-0.1, -0.05) is 39.3 Å². The fourth-order valence-corrected chi connectivity index (χ4v) is 10.3. The maximum absolute atomic E-state index is 15.5. The Balaban J connectivity index is 0.818. The Morgan fingerprint density at radius 2 is 1.59 bits per heavy atom. The summed E-state index contributed by atoms with van der Waals surface area (Å²) >= 11 is 6.24. The van der Waals surface area contributed by atoms with Crippen LogP contribution < -0.4 is 25.2 Å². The highest BCUT2D eigenvalue weighted by Gasteiger charge is 2.64. The van der Waals surface area contributed by atoms with Gasteiger partial charge in [-0.05, 0) is 67.3 Å². The number of hydrogen-bond donors (Lipinski definition) is 2. The Bertz CT molecular complexity index is 2270. The molecule has 2 atom stereocenters. The Labute approximate surface area is 347 Å². The molecule has 1 saturated carbocycles. The topological polar surface area (TPSA) is 155 Å². The summed E-state index contributed by atoms with van der Waals surface area (Å²) in [6, 6.07) is 16.1. The van der Waals surface area contributed by atoms with Crippen LogP contribution in [-0.2, 0) is 9.59 Å². The van der Waals surface area contributed by atoms with E-state index in [1.807, 2.05) is 29.2 Å². The van der Waals surface area contributed by atoms with Gasteiger partial charge in [0, 0.05) is 86.4 Å². The monoisotopic (exact) mass is 823 g/mol. The van der Waals surface area contributed by atoms with Crippen molar-refractivity contribution in [1.82, 2.24) is 20.4 Å². The standard InChI is InChI=1S/C44H47ClFN7O6/c1-43(2)41(44(3,4)42(43)59-29-10-7-27(22-47)32(45)19-29)49-37(55)26-5-8-28(9-6-26)51-17-15-50(16-18-51)23-25-13-14-52(24-25)35-21-31-30(20-33(35)46)39(57)53(40(31)58)34-11-12-36(54)48-38(34)56/h5-10,19-21,25,34,41-42H,11-18,23-24H2,1-4H3,(H,49,55)(H,48,54,56)/t25-,34?,41?,42?/m1/s1. The summed E-state index contributed by atoms with van der Waals surface area (Å²) in [6.07, 6.45) is 0.701. The molecule has 13 nitrogen and oxygen atoms in total. The second-order valence-corrected chi connectivity index (χ2v) is 17.9. The molecule has 1 aliphatic carbocycles. The number of imide groups is 2. The van der Waals surface area contributed by atoms with E-state index >= 15 is 4.39 Å². The molecule has 0 bridgehead atoms. The SMILES string of the molecule is CC1(C)C(NC(=O)c2ccc(N3CCN(C[C@H]4CCN(c5cc6c(cc5F)C(=O)N(C5CCC(=O)NC5=O)C6=O)C4)CC3)cc2)C(C)(C)C1Oc1ccc(C#N)c(Cl)c1. The van der Waals surface area contributed by atoms with Crippen LogP contribution in [-0.4, -0.2) is 103 Å². The number of amides is 5. The van der Waals surface area contributed by atoms with E-state index in [0.717, 1.165) is 55.8 Å². The molecule has 0 spiro atoms. The summed E-state index contributed by atoms with van der Waals surface area (Å²) in [5.41, 5.74) is 1.53. The number of nitriles is 1. The first-order valence-electron chi connectivity index (χ1n) is 20.1. The van der Waals surface area contributed by atoms with Gasteiger partial charge in [0.25, 0.3) is 17.7 Å². The van der Waals surface area contributed by atoms with Crippen molar-refractivity contribution < 1.29 is 33.1 Å². The number of rotatable bonds is 9. The Kier molecular flexibility index (Phi) is 10.4. The third-order valence-electron chi connectivity index (χ3n) is 12.9. The Morgan fingerprint density at radius 3 is 2.24 bits per heavy atom. The zero-order chi connectivity index (χ0) is 42.0. The molecule has 0 radical (unpaired) electrons. The van der Waals surface area contributed by atoms with E-state index in [1.165, 1.54) is 6.07 Å². The quantitative estimate of drug-likeness (QED) is 0.282. The van der Waals surface area contributed by atoms with E-state index in [2.05, 4.69) is 54.2 Å². The number of piperidine rings is 1. The number of benzene rings is 3. The van der Waals surface area contributed by atoms with Crippen LogP contribution in [0.15, 0.2) is 54.6 Å². The number of hydrogen-bond acceptors (Lipinski definition) is 10. The molecule has 59 heavy (non-hydrogen) atoms. The predicted octanol–water partition coefficient (Wildman–Crippen LogP) is 5.01. The highest BCUT2D eigenvalue weighted by atomic mass is 35.5.